The lowest BCUT2D eigenvalue weighted by atomic mass is 10.1. The molecule has 0 saturated carbocycles. The maximum atomic E-state index is 11.6. The van der Waals surface area contributed by atoms with Crippen LogP contribution in [0.2, 0.25) is 0 Å². The molecule has 0 aliphatic rings. The summed E-state index contributed by atoms with van der Waals surface area (Å²) in [4.78, 5) is 11.6. The van der Waals surface area contributed by atoms with Gasteiger partial charge < -0.3 is 19.5 Å². The van der Waals surface area contributed by atoms with E-state index in [0.717, 1.165) is 17.7 Å². The minimum atomic E-state index is -0.120. The summed E-state index contributed by atoms with van der Waals surface area (Å²) in [6, 6.07) is 5.80. The van der Waals surface area contributed by atoms with Crippen LogP contribution in [0.25, 0.3) is 0 Å². The van der Waals surface area contributed by atoms with Gasteiger partial charge in [0.1, 0.15) is 5.75 Å². The van der Waals surface area contributed by atoms with Gasteiger partial charge in [0.15, 0.2) is 6.61 Å². The minimum Gasteiger partial charge on any atom is -0.484 e. The van der Waals surface area contributed by atoms with E-state index >= 15 is 0 Å². The zero-order valence-electron chi connectivity index (χ0n) is 13.1. The van der Waals surface area contributed by atoms with Crippen molar-refractivity contribution in [3.05, 3.63) is 29.3 Å². The molecular weight excluding hydrogens is 270 g/mol. The molecule has 21 heavy (non-hydrogen) atoms. The third-order valence-electron chi connectivity index (χ3n) is 3.07. The molecule has 0 spiro atoms. The number of nitrogens with one attached hydrogen (secondary N) is 1. The molecule has 1 N–H and O–H groups in total. The second-order valence-corrected chi connectivity index (χ2v) is 4.84. The van der Waals surface area contributed by atoms with Gasteiger partial charge in [0.25, 0.3) is 5.91 Å². The summed E-state index contributed by atoms with van der Waals surface area (Å²) in [5.74, 6) is 0.598. The first-order valence-corrected chi connectivity index (χ1v) is 7.17. The van der Waals surface area contributed by atoms with Crippen LogP contribution in [0.4, 0.5) is 0 Å². The first-order chi connectivity index (χ1) is 10.1. The van der Waals surface area contributed by atoms with Crippen molar-refractivity contribution in [1.82, 2.24) is 5.32 Å². The van der Waals surface area contributed by atoms with Gasteiger partial charge in [-0.3, -0.25) is 4.79 Å². The van der Waals surface area contributed by atoms with Crippen LogP contribution < -0.4 is 10.1 Å². The minimum absolute atomic E-state index is 0.0348. The van der Waals surface area contributed by atoms with Gasteiger partial charge in [-0.25, -0.2) is 0 Å². The zero-order chi connectivity index (χ0) is 15.5. The average Bonchev–Trinajstić information content (AvgIpc) is 2.47. The lowest BCUT2D eigenvalue weighted by Crippen LogP contribution is -2.30. The molecule has 0 atom stereocenters. The molecule has 0 saturated heterocycles. The molecule has 0 bridgehead atoms. The molecule has 1 rings (SSSR count). The van der Waals surface area contributed by atoms with E-state index in [-0.39, 0.29) is 12.5 Å². The lowest BCUT2D eigenvalue weighted by molar-refractivity contribution is -0.123. The first kappa shape index (κ1) is 17.5. The fraction of sp³-hybridized carbons (Fsp3) is 0.562. The maximum absolute atomic E-state index is 11.6. The largest absolute Gasteiger partial charge is 0.484 e. The molecule has 5 heteroatoms. The summed E-state index contributed by atoms with van der Waals surface area (Å²) >= 11 is 0. The normalized spacial score (nSPS) is 10.4. The van der Waals surface area contributed by atoms with Gasteiger partial charge in [-0.2, -0.15) is 0 Å². The Kier molecular flexibility index (Phi) is 8.47. The van der Waals surface area contributed by atoms with Crippen LogP contribution in [-0.4, -0.2) is 46.0 Å². The van der Waals surface area contributed by atoms with Crippen LogP contribution >= 0.6 is 0 Å². The van der Waals surface area contributed by atoms with E-state index in [1.807, 2.05) is 32.0 Å². The van der Waals surface area contributed by atoms with Crippen molar-refractivity contribution in [3.63, 3.8) is 0 Å². The Bertz CT molecular complexity index is 434. The van der Waals surface area contributed by atoms with Crippen molar-refractivity contribution < 1.29 is 19.0 Å². The van der Waals surface area contributed by atoms with Crippen LogP contribution in [0, 0.1) is 13.8 Å². The monoisotopic (exact) mass is 295 g/mol. The molecule has 0 radical (unpaired) electrons. The number of rotatable bonds is 10. The third-order valence-corrected chi connectivity index (χ3v) is 3.07. The van der Waals surface area contributed by atoms with Crippen LogP contribution in [0.15, 0.2) is 18.2 Å². The van der Waals surface area contributed by atoms with E-state index in [1.165, 1.54) is 5.56 Å². The molecule has 0 unspecified atom stereocenters. The first-order valence-electron chi connectivity index (χ1n) is 7.17. The lowest BCUT2D eigenvalue weighted by Gasteiger charge is -2.09. The highest BCUT2D eigenvalue weighted by Crippen LogP contribution is 2.16. The van der Waals surface area contributed by atoms with Crippen molar-refractivity contribution in [3.8, 4) is 5.75 Å². The van der Waals surface area contributed by atoms with Crippen LogP contribution in [-0.2, 0) is 14.3 Å². The molecule has 1 amide bonds. The number of amides is 1. The fourth-order valence-electron chi connectivity index (χ4n) is 1.65. The molecule has 1 aromatic carbocycles. The second kappa shape index (κ2) is 10.2. The number of hydrogen-bond donors (Lipinski definition) is 1. The third kappa shape index (κ3) is 7.68. The molecule has 0 aliphatic heterocycles. The van der Waals surface area contributed by atoms with Gasteiger partial charge in [0.2, 0.25) is 0 Å². The summed E-state index contributed by atoms with van der Waals surface area (Å²) in [6.07, 6.45) is 0.777. The maximum Gasteiger partial charge on any atom is 0.257 e. The standard InChI is InChI=1S/C16H25NO4/c1-13-5-6-15(11-14(13)2)21-12-16(18)17-7-4-8-20-10-9-19-3/h5-6,11H,4,7-10,12H2,1-3H3,(H,17,18). The average molecular weight is 295 g/mol. The second-order valence-electron chi connectivity index (χ2n) is 4.84. The Labute approximate surface area is 126 Å². The molecule has 118 valence electrons. The predicted molar refractivity (Wildman–Crippen MR) is 81.7 cm³/mol. The summed E-state index contributed by atoms with van der Waals surface area (Å²) in [5.41, 5.74) is 2.36. The highest BCUT2D eigenvalue weighted by atomic mass is 16.5. The van der Waals surface area contributed by atoms with E-state index in [1.54, 1.807) is 7.11 Å². The molecule has 0 heterocycles. The highest BCUT2D eigenvalue weighted by Gasteiger charge is 2.03. The van der Waals surface area contributed by atoms with Crippen LogP contribution in [0.3, 0.4) is 0 Å². The van der Waals surface area contributed by atoms with E-state index in [4.69, 9.17) is 14.2 Å². The topological polar surface area (TPSA) is 56.8 Å². The Hall–Kier alpha value is -1.59. The Balaban J connectivity index is 2.09. The summed E-state index contributed by atoms with van der Waals surface area (Å²) in [5, 5.41) is 2.79. The number of hydrogen-bond acceptors (Lipinski definition) is 4. The SMILES string of the molecule is COCCOCCCNC(=O)COc1ccc(C)c(C)c1. The Morgan fingerprint density at radius 3 is 2.67 bits per heavy atom. The van der Waals surface area contributed by atoms with Crippen molar-refractivity contribution in [1.29, 1.82) is 0 Å². The summed E-state index contributed by atoms with van der Waals surface area (Å²) < 4.78 is 15.6. The van der Waals surface area contributed by atoms with Crippen LogP contribution in [0.1, 0.15) is 17.5 Å². The fourth-order valence-corrected chi connectivity index (χ4v) is 1.65. The molecule has 0 fully saturated rings. The zero-order valence-corrected chi connectivity index (χ0v) is 13.1. The van der Waals surface area contributed by atoms with E-state index < -0.39 is 0 Å². The molecule has 1 aromatic rings. The highest BCUT2D eigenvalue weighted by molar-refractivity contribution is 5.77. The van der Waals surface area contributed by atoms with Crippen molar-refractivity contribution in [2.75, 3.05) is 40.1 Å². The summed E-state index contributed by atoms with van der Waals surface area (Å²) in [6.45, 7) is 6.47. The number of methoxy groups -OCH3 is 1. The molecular formula is C16H25NO4. The van der Waals surface area contributed by atoms with E-state index in [0.29, 0.717) is 26.4 Å². The van der Waals surface area contributed by atoms with Crippen molar-refractivity contribution in [2.45, 2.75) is 20.3 Å². The van der Waals surface area contributed by atoms with E-state index in [2.05, 4.69) is 5.32 Å². The summed E-state index contributed by atoms with van der Waals surface area (Å²) in [7, 11) is 1.64. The smallest absolute Gasteiger partial charge is 0.257 e. The van der Waals surface area contributed by atoms with Gasteiger partial charge in [0, 0.05) is 20.3 Å². The predicted octanol–water partition coefficient (Wildman–Crippen LogP) is 1.85. The van der Waals surface area contributed by atoms with Gasteiger partial charge in [-0.15, -0.1) is 0 Å². The van der Waals surface area contributed by atoms with Gasteiger partial charge in [-0.05, 0) is 43.5 Å². The number of aryl methyl sites for hydroxylation is 2. The van der Waals surface area contributed by atoms with Gasteiger partial charge >= 0.3 is 0 Å². The van der Waals surface area contributed by atoms with Crippen LogP contribution in [0.5, 0.6) is 5.75 Å². The van der Waals surface area contributed by atoms with Gasteiger partial charge in [0.05, 0.1) is 13.2 Å². The number of benzene rings is 1. The number of carbonyl (C=O) groups excluding carboxylic acids is 1. The Morgan fingerprint density at radius 1 is 1.14 bits per heavy atom. The van der Waals surface area contributed by atoms with Crippen molar-refractivity contribution in [2.24, 2.45) is 0 Å². The Morgan fingerprint density at radius 2 is 1.95 bits per heavy atom. The van der Waals surface area contributed by atoms with Gasteiger partial charge in [-0.1, -0.05) is 6.07 Å². The number of carbonyl (C=O) groups is 1. The molecule has 5 nitrogen and oxygen atoms in total. The molecule has 0 aromatic heterocycles. The van der Waals surface area contributed by atoms with Crippen molar-refractivity contribution >= 4 is 5.91 Å². The van der Waals surface area contributed by atoms with E-state index in [9.17, 15) is 4.79 Å². The number of ether oxygens (including phenoxy) is 3. The molecule has 0 aliphatic carbocycles. The quantitative estimate of drug-likeness (QED) is 0.669.